The Hall–Kier alpha value is -1.85. The van der Waals surface area contributed by atoms with Crippen molar-refractivity contribution in [1.82, 2.24) is 15.0 Å². The zero-order valence-electron chi connectivity index (χ0n) is 11.3. The minimum atomic E-state index is 0.650. The predicted molar refractivity (Wildman–Crippen MR) is 81.9 cm³/mol. The summed E-state index contributed by atoms with van der Waals surface area (Å²) in [5.74, 6) is 0. The van der Waals surface area contributed by atoms with Gasteiger partial charge in [-0.2, -0.15) is 0 Å². The lowest BCUT2D eigenvalue weighted by Gasteiger charge is -2.00. The van der Waals surface area contributed by atoms with Crippen LogP contribution in [0.15, 0.2) is 46.7 Å². The van der Waals surface area contributed by atoms with Crippen molar-refractivity contribution in [2.75, 3.05) is 6.54 Å². The Morgan fingerprint density at radius 3 is 2.90 bits per heavy atom. The zero-order chi connectivity index (χ0) is 13.9. The minimum Gasteiger partial charge on any atom is -0.333 e. The topological polar surface area (TPSA) is 67.6 Å². The van der Waals surface area contributed by atoms with Gasteiger partial charge in [-0.1, -0.05) is 12.1 Å². The Morgan fingerprint density at radius 1 is 1.25 bits per heavy atom. The van der Waals surface area contributed by atoms with E-state index in [-0.39, 0.29) is 0 Å². The Morgan fingerprint density at radius 2 is 2.15 bits per heavy atom. The Balaban J connectivity index is 1.81. The number of hydrogen-bond donors (Lipinski definition) is 2. The highest BCUT2D eigenvalue weighted by Gasteiger charge is 2.05. The first-order chi connectivity index (χ1) is 9.74. The van der Waals surface area contributed by atoms with Gasteiger partial charge in [-0.3, -0.25) is 0 Å². The SMILES string of the molecule is Cc1ccc2nc(Sc3ccc(CCN)cn3)[nH]c2c1. The number of pyridine rings is 1. The maximum absolute atomic E-state index is 5.53. The molecule has 0 saturated heterocycles. The highest BCUT2D eigenvalue weighted by Crippen LogP contribution is 2.26. The summed E-state index contributed by atoms with van der Waals surface area (Å²) in [6, 6.07) is 10.3. The van der Waals surface area contributed by atoms with E-state index in [0.717, 1.165) is 33.2 Å². The van der Waals surface area contributed by atoms with E-state index in [1.165, 1.54) is 17.3 Å². The lowest BCUT2D eigenvalue weighted by Crippen LogP contribution is -2.02. The molecule has 2 heterocycles. The summed E-state index contributed by atoms with van der Waals surface area (Å²) < 4.78 is 0. The molecule has 0 spiro atoms. The number of imidazole rings is 1. The smallest absolute Gasteiger partial charge is 0.172 e. The quantitative estimate of drug-likeness (QED) is 0.773. The molecule has 1 aromatic carbocycles. The average Bonchev–Trinajstić information content (AvgIpc) is 2.82. The van der Waals surface area contributed by atoms with Crippen LogP contribution in [-0.4, -0.2) is 21.5 Å². The van der Waals surface area contributed by atoms with Gasteiger partial charge in [-0.25, -0.2) is 9.97 Å². The molecule has 5 heteroatoms. The normalized spacial score (nSPS) is 11.1. The number of nitrogens with zero attached hydrogens (tertiary/aromatic N) is 2. The van der Waals surface area contributed by atoms with Crippen LogP contribution >= 0.6 is 11.8 Å². The standard InChI is InChI=1S/C15H16N4S/c1-10-2-4-12-13(8-10)19-15(18-12)20-14-5-3-11(6-7-16)9-17-14/h2-5,8-9H,6-7,16H2,1H3,(H,18,19). The molecule has 0 atom stereocenters. The number of aryl methyl sites for hydroxylation is 1. The third-order valence-corrected chi connectivity index (χ3v) is 3.88. The number of hydrogen-bond acceptors (Lipinski definition) is 4. The van der Waals surface area contributed by atoms with Crippen LogP contribution in [-0.2, 0) is 6.42 Å². The van der Waals surface area contributed by atoms with Crippen molar-refractivity contribution in [3.05, 3.63) is 47.7 Å². The van der Waals surface area contributed by atoms with Crippen LogP contribution < -0.4 is 5.73 Å². The Labute approximate surface area is 121 Å². The van der Waals surface area contributed by atoms with Gasteiger partial charge < -0.3 is 10.7 Å². The fourth-order valence-electron chi connectivity index (χ4n) is 2.03. The van der Waals surface area contributed by atoms with E-state index in [1.54, 1.807) is 0 Å². The number of fused-ring (bicyclic) bond motifs is 1. The van der Waals surface area contributed by atoms with Crippen LogP contribution in [0.3, 0.4) is 0 Å². The molecule has 0 saturated carbocycles. The summed E-state index contributed by atoms with van der Waals surface area (Å²) >= 11 is 1.54. The summed E-state index contributed by atoms with van der Waals surface area (Å²) in [5, 5.41) is 1.80. The molecule has 0 aliphatic heterocycles. The zero-order valence-corrected chi connectivity index (χ0v) is 12.1. The van der Waals surface area contributed by atoms with Crippen molar-refractivity contribution >= 4 is 22.8 Å². The van der Waals surface area contributed by atoms with E-state index in [2.05, 4.69) is 40.1 Å². The summed E-state index contributed by atoms with van der Waals surface area (Å²) in [4.78, 5) is 12.3. The number of nitrogens with one attached hydrogen (secondary N) is 1. The van der Waals surface area contributed by atoms with E-state index in [4.69, 9.17) is 5.73 Å². The molecule has 0 unspecified atom stereocenters. The first-order valence-electron chi connectivity index (χ1n) is 6.54. The van der Waals surface area contributed by atoms with Crippen molar-refractivity contribution in [3.8, 4) is 0 Å². The molecule has 3 aromatic rings. The number of aromatic amines is 1. The first-order valence-corrected chi connectivity index (χ1v) is 7.35. The van der Waals surface area contributed by atoms with Crippen molar-refractivity contribution in [3.63, 3.8) is 0 Å². The largest absolute Gasteiger partial charge is 0.333 e. The first kappa shape index (κ1) is 13.1. The third kappa shape index (κ3) is 2.84. The third-order valence-electron chi connectivity index (χ3n) is 3.05. The van der Waals surface area contributed by atoms with Crippen molar-refractivity contribution in [2.24, 2.45) is 5.73 Å². The molecule has 0 aliphatic rings. The molecule has 102 valence electrons. The van der Waals surface area contributed by atoms with Gasteiger partial charge in [0.25, 0.3) is 0 Å². The molecule has 4 nitrogen and oxygen atoms in total. The van der Waals surface area contributed by atoms with Crippen molar-refractivity contribution < 1.29 is 0 Å². The van der Waals surface area contributed by atoms with E-state index in [9.17, 15) is 0 Å². The number of nitrogens with two attached hydrogens (primary N) is 1. The van der Waals surface area contributed by atoms with E-state index >= 15 is 0 Å². The number of aromatic nitrogens is 3. The highest BCUT2D eigenvalue weighted by atomic mass is 32.2. The molecule has 3 N–H and O–H groups in total. The van der Waals surface area contributed by atoms with E-state index in [0.29, 0.717) is 6.54 Å². The average molecular weight is 284 g/mol. The number of H-pyrrole nitrogens is 1. The van der Waals surface area contributed by atoms with Gasteiger partial charge in [0.2, 0.25) is 0 Å². The lowest BCUT2D eigenvalue weighted by atomic mass is 10.2. The van der Waals surface area contributed by atoms with Crippen LogP contribution in [0.1, 0.15) is 11.1 Å². The molecule has 20 heavy (non-hydrogen) atoms. The molecule has 0 bridgehead atoms. The molecule has 0 aliphatic carbocycles. The van der Waals surface area contributed by atoms with Crippen LogP contribution in [0, 0.1) is 6.92 Å². The second-order valence-corrected chi connectivity index (χ2v) is 5.72. The van der Waals surface area contributed by atoms with Crippen LogP contribution in [0.4, 0.5) is 0 Å². The molecule has 0 fully saturated rings. The minimum absolute atomic E-state index is 0.650. The van der Waals surface area contributed by atoms with Crippen LogP contribution in [0.25, 0.3) is 11.0 Å². The predicted octanol–water partition coefficient (Wildman–Crippen LogP) is 2.92. The summed E-state index contributed by atoms with van der Waals surface area (Å²) in [7, 11) is 0. The summed E-state index contributed by atoms with van der Waals surface area (Å²) in [6.45, 7) is 2.72. The molecule has 3 rings (SSSR count). The molecule has 0 radical (unpaired) electrons. The van der Waals surface area contributed by atoms with Gasteiger partial charge in [0.05, 0.1) is 11.0 Å². The van der Waals surface area contributed by atoms with E-state index < -0.39 is 0 Å². The molecule has 2 aromatic heterocycles. The number of benzene rings is 1. The molecule has 0 amide bonds. The van der Waals surface area contributed by atoms with Crippen LogP contribution in [0.5, 0.6) is 0 Å². The van der Waals surface area contributed by atoms with Gasteiger partial charge in [0.1, 0.15) is 5.03 Å². The fraction of sp³-hybridized carbons (Fsp3) is 0.200. The van der Waals surface area contributed by atoms with Gasteiger partial charge in [0, 0.05) is 6.20 Å². The van der Waals surface area contributed by atoms with Gasteiger partial charge in [0.15, 0.2) is 5.16 Å². The Bertz CT molecular complexity index is 718. The van der Waals surface area contributed by atoms with Crippen LogP contribution in [0.2, 0.25) is 0 Å². The molecular formula is C15H16N4S. The van der Waals surface area contributed by atoms with Crippen molar-refractivity contribution in [1.29, 1.82) is 0 Å². The fourth-order valence-corrected chi connectivity index (χ4v) is 2.78. The summed E-state index contributed by atoms with van der Waals surface area (Å²) in [5.41, 5.74) is 9.96. The second kappa shape index (κ2) is 5.64. The van der Waals surface area contributed by atoms with Gasteiger partial charge in [-0.05, 0) is 61.0 Å². The monoisotopic (exact) mass is 284 g/mol. The Kier molecular flexibility index (Phi) is 3.71. The number of rotatable bonds is 4. The maximum Gasteiger partial charge on any atom is 0.172 e. The van der Waals surface area contributed by atoms with Gasteiger partial charge in [-0.15, -0.1) is 0 Å². The second-order valence-electron chi connectivity index (χ2n) is 4.71. The summed E-state index contributed by atoms with van der Waals surface area (Å²) in [6.07, 6.45) is 2.74. The highest BCUT2D eigenvalue weighted by molar-refractivity contribution is 7.99. The van der Waals surface area contributed by atoms with Gasteiger partial charge >= 0.3 is 0 Å². The maximum atomic E-state index is 5.53. The molecular weight excluding hydrogens is 268 g/mol. The van der Waals surface area contributed by atoms with E-state index in [1.807, 2.05) is 18.3 Å². The lowest BCUT2D eigenvalue weighted by molar-refractivity contribution is 0.944. The van der Waals surface area contributed by atoms with Crippen molar-refractivity contribution in [2.45, 2.75) is 23.5 Å².